The van der Waals surface area contributed by atoms with Crippen LogP contribution >= 0.6 is 27.7 Å². The molecule has 0 aliphatic heterocycles. The van der Waals surface area contributed by atoms with Gasteiger partial charge >= 0.3 is 0 Å². The fraction of sp³-hybridized carbons (Fsp3) is 0.300. The van der Waals surface area contributed by atoms with Gasteiger partial charge in [-0.1, -0.05) is 27.7 Å². The molecule has 0 N–H and O–H groups in total. The molecule has 0 unspecified atom stereocenters. The van der Waals surface area contributed by atoms with E-state index in [0.29, 0.717) is 6.61 Å². The van der Waals surface area contributed by atoms with Gasteiger partial charge in [-0.05, 0) is 62.4 Å². The van der Waals surface area contributed by atoms with E-state index in [-0.39, 0.29) is 6.04 Å². The Labute approximate surface area is 172 Å². The Kier molecular flexibility index (Phi) is 6.79. The molecule has 0 amide bonds. The van der Waals surface area contributed by atoms with Gasteiger partial charge in [-0.3, -0.25) is 4.57 Å². The molecule has 0 bridgehead atoms. The Morgan fingerprint density at radius 1 is 1.00 bits per heavy atom. The van der Waals surface area contributed by atoms with Crippen LogP contribution in [0.25, 0.3) is 11.4 Å². The molecule has 0 atom stereocenters. The molecule has 27 heavy (non-hydrogen) atoms. The first kappa shape index (κ1) is 19.8. The van der Waals surface area contributed by atoms with E-state index in [1.165, 1.54) is 0 Å². The highest BCUT2D eigenvalue weighted by atomic mass is 79.9. The van der Waals surface area contributed by atoms with Crippen LogP contribution in [-0.2, 0) is 0 Å². The summed E-state index contributed by atoms with van der Waals surface area (Å²) in [6.45, 7) is 4.88. The molecule has 0 aliphatic rings. The standard InChI is InChI=1S/C20H22BrN3O2S/c1-14(2)24-19(15-4-8-17(25-3)9-5-15)22-23-20(24)27-13-12-26-18-10-6-16(21)7-11-18/h4-11,14H,12-13H2,1-3H3. The van der Waals surface area contributed by atoms with Crippen LogP contribution in [0.2, 0.25) is 0 Å². The number of aromatic nitrogens is 3. The van der Waals surface area contributed by atoms with Gasteiger partial charge in [0, 0.05) is 21.8 Å². The molecular formula is C20H22BrN3O2S. The van der Waals surface area contributed by atoms with Crippen LogP contribution in [0.1, 0.15) is 19.9 Å². The van der Waals surface area contributed by atoms with Gasteiger partial charge in [0.05, 0.1) is 13.7 Å². The third-order valence-corrected chi connectivity index (χ3v) is 5.36. The van der Waals surface area contributed by atoms with Crippen molar-refractivity contribution in [1.29, 1.82) is 0 Å². The molecule has 7 heteroatoms. The number of rotatable bonds is 8. The number of methoxy groups -OCH3 is 1. The summed E-state index contributed by atoms with van der Waals surface area (Å²) in [6.07, 6.45) is 0. The summed E-state index contributed by atoms with van der Waals surface area (Å²) in [6, 6.07) is 16.0. The van der Waals surface area contributed by atoms with Crippen molar-refractivity contribution in [2.75, 3.05) is 19.5 Å². The molecule has 0 radical (unpaired) electrons. The van der Waals surface area contributed by atoms with Crippen LogP contribution in [0.4, 0.5) is 0 Å². The van der Waals surface area contributed by atoms with Crippen LogP contribution in [0.15, 0.2) is 58.2 Å². The zero-order valence-corrected chi connectivity index (χ0v) is 18.0. The second-order valence-corrected chi connectivity index (χ2v) is 8.13. The number of hydrogen-bond donors (Lipinski definition) is 0. The quantitative estimate of drug-likeness (QED) is 0.338. The van der Waals surface area contributed by atoms with Crippen LogP contribution < -0.4 is 9.47 Å². The Bertz CT molecular complexity index is 864. The van der Waals surface area contributed by atoms with E-state index in [2.05, 4.69) is 44.5 Å². The summed E-state index contributed by atoms with van der Waals surface area (Å²) >= 11 is 5.08. The number of thioether (sulfide) groups is 1. The van der Waals surface area contributed by atoms with Crippen molar-refractivity contribution in [1.82, 2.24) is 14.8 Å². The Hall–Kier alpha value is -1.99. The zero-order chi connectivity index (χ0) is 19.2. The molecule has 1 heterocycles. The highest BCUT2D eigenvalue weighted by molar-refractivity contribution is 9.10. The molecule has 3 rings (SSSR count). The van der Waals surface area contributed by atoms with Crippen molar-refractivity contribution < 1.29 is 9.47 Å². The maximum Gasteiger partial charge on any atom is 0.191 e. The lowest BCUT2D eigenvalue weighted by atomic mass is 10.2. The van der Waals surface area contributed by atoms with Crippen LogP contribution in [0.3, 0.4) is 0 Å². The average Bonchev–Trinajstić information content (AvgIpc) is 3.11. The van der Waals surface area contributed by atoms with E-state index in [9.17, 15) is 0 Å². The van der Waals surface area contributed by atoms with Gasteiger partial charge in [-0.2, -0.15) is 0 Å². The molecule has 0 saturated carbocycles. The van der Waals surface area contributed by atoms with E-state index in [4.69, 9.17) is 9.47 Å². The molecule has 0 spiro atoms. The minimum absolute atomic E-state index is 0.256. The van der Waals surface area contributed by atoms with E-state index in [0.717, 1.165) is 38.3 Å². The van der Waals surface area contributed by atoms with E-state index < -0.39 is 0 Å². The van der Waals surface area contributed by atoms with Gasteiger partial charge in [-0.25, -0.2) is 0 Å². The largest absolute Gasteiger partial charge is 0.497 e. The topological polar surface area (TPSA) is 49.2 Å². The maximum absolute atomic E-state index is 5.79. The fourth-order valence-corrected chi connectivity index (χ4v) is 3.75. The monoisotopic (exact) mass is 447 g/mol. The summed E-state index contributed by atoms with van der Waals surface area (Å²) < 4.78 is 14.2. The number of ether oxygens (including phenoxy) is 2. The summed E-state index contributed by atoms with van der Waals surface area (Å²) in [5.41, 5.74) is 1.02. The summed E-state index contributed by atoms with van der Waals surface area (Å²) in [7, 11) is 1.66. The molecule has 3 aromatic rings. The predicted molar refractivity (Wildman–Crippen MR) is 113 cm³/mol. The molecule has 0 aliphatic carbocycles. The predicted octanol–water partition coefficient (Wildman–Crippen LogP) is 5.47. The number of nitrogens with zero attached hydrogens (tertiary/aromatic N) is 3. The molecule has 142 valence electrons. The van der Waals surface area contributed by atoms with Gasteiger partial charge in [0.2, 0.25) is 0 Å². The lowest BCUT2D eigenvalue weighted by Crippen LogP contribution is -2.07. The molecule has 5 nitrogen and oxygen atoms in total. The van der Waals surface area contributed by atoms with Gasteiger partial charge < -0.3 is 9.47 Å². The van der Waals surface area contributed by atoms with Gasteiger partial charge in [-0.15, -0.1) is 10.2 Å². The van der Waals surface area contributed by atoms with Gasteiger partial charge in [0.1, 0.15) is 11.5 Å². The molecule has 0 fully saturated rings. The van der Waals surface area contributed by atoms with Crippen molar-refractivity contribution in [3.63, 3.8) is 0 Å². The van der Waals surface area contributed by atoms with E-state index in [1.54, 1.807) is 18.9 Å². The first-order chi connectivity index (χ1) is 13.1. The highest BCUT2D eigenvalue weighted by Gasteiger charge is 2.16. The lowest BCUT2D eigenvalue weighted by molar-refractivity contribution is 0.343. The van der Waals surface area contributed by atoms with E-state index in [1.807, 2.05) is 48.5 Å². The van der Waals surface area contributed by atoms with Crippen molar-refractivity contribution in [2.24, 2.45) is 0 Å². The number of halogens is 1. The second kappa shape index (κ2) is 9.28. The zero-order valence-electron chi connectivity index (χ0n) is 15.6. The first-order valence-electron chi connectivity index (χ1n) is 8.69. The minimum Gasteiger partial charge on any atom is -0.497 e. The summed E-state index contributed by atoms with van der Waals surface area (Å²) in [5, 5.41) is 9.71. The second-order valence-electron chi connectivity index (χ2n) is 6.15. The SMILES string of the molecule is COc1ccc(-c2nnc(SCCOc3ccc(Br)cc3)n2C(C)C)cc1. The van der Waals surface area contributed by atoms with Crippen molar-refractivity contribution in [3.8, 4) is 22.9 Å². The molecule has 0 saturated heterocycles. The third-order valence-electron chi connectivity index (χ3n) is 3.93. The summed E-state index contributed by atoms with van der Waals surface area (Å²) in [5.74, 6) is 3.35. The normalized spacial score (nSPS) is 11.0. The van der Waals surface area contributed by atoms with Crippen LogP contribution in [0.5, 0.6) is 11.5 Å². The first-order valence-corrected chi connectivity index (χ1v) is 10.5. The van der Waals surface area contributed by atoms with Crippen molar-refractivity contribution in [2.45, 2.75) is 25.0 Å². The van der Waals surface area contributed by atoms with Crippen molar-refractivity contribution >= 4 is 27.7 Å². The number of hydrogen-bond acceptors (Lipinski definition) is 5. The smallest absolute Gasteiger partial charge is 0.191 e. The number of benzene rings is 2. The maximum atomic E-state index is 5.79. The summed E-state index contributed by atoms with van der Waals surface area (Å²) in [4.78, 5) is 0. The van der Waals surface area contributed by atoms with Gasteiger partial charge in [0.25, 0.3) is 0 Å². The van der Waals surface area contributed by atoms with Crippen LogP contribution in [0, 0.1) is 0 Å². The Balaban J connectivity index is 1.66. The van der Waals surface area contributed by atoms with E-state index >= 15 is 0 Å². The lowest BCUT2D eigenvalue weighted by Gasteiger charge is -2.14. The Morgan fingerprint density at radius 3 is 2.30 bits per heavy atom. The molecule has 2 aromatic carbocycles. The van der Waals surface area contributed by atoms with Crippen molar-refractivity contribution in [3.05, 3.63) is 53.0 Å². The molecule has 1 aromatic heterocycles. The van der Waals surface area contributed by atoms with Crippen LogP contribution in [-0.4, -0.2) is 34.2 Å². The minimum atomic E-state index is 0.256. The Morgan fingerprint density at radius 2 is 1.67 bits per heavy atom. The highest BCUT2D eigenvalue weighted by Crippen LogP contribution is 2.28. The van der Waals surface area contributed by atoms with Gasteiger partial charge in [0.15, 0.2) is 11.0 Å². The molecular weight excluding hydrogens is 426 g/mol. The third kappa shape index (κ3) is 5.05. The fourth-order valence-electron chi connectivity index (χ4n) is 2.60. The average molecular weight is 448 g/mol.